The summed E-state index contributed by atoms with van der Waals surface area (Å²) >= 11 is 0. The third-order valence-electron chi connectivity index (χ3n) is 9.10. The number of carbonyl (C=O) groups is 1. The highest BCUT2D eigenvalue weighted by Crippen LogP contribution is 2.15. The Morgan fingerprint density at radius 1 is 0.580 bits per heavy atom. The lowest BCUT2D eigenvalue weighted by atomic mass is 10.0. The first-order valence-electron chi connectivity index (χ1n) is 20.4. The van der Waals surface area contributed by atoms with Crippen LogP contribution in [-0.4, -0.2) is 53.1 Å². The lowest BCUT2D eigenvalue weighted by Crippen LogP contribution is -2.50. The molecule has 3 unspecified atom stereocenters. The number of nitrogens with one attached hydrogen (secondary N) is 1. The molecule has 0 radical (unpaired) electrons. The molecule has 8 heteroatoms. The van der Waals surface area contributed by atoms with Crippen LogP contribution < -0.4 is 5.32 Å². The molecule has 0 aliphatic rings. The third-order valence-corrected chi connectivity index (χ3v) is 9.88. The second-order valence-corrected chi connectivity index (χ2v) is 15.5. The molecule has 0 fully saturated rings. The van der Waals surface area contributed by atoms with Crippen LogP contribution in [0.15, 0.2) is 48.6 Å². The average molecular weight is 724 g/mol. The van der Waals surface area contributed by atoms with E-state index in [1.807, 2.05) is 0 Å². The summed E-state index contributed by atoms with van der Waals surface area (Å²) in [5.41, 5.74) is 0. The minimum atomic E-state index is -4.45. The van der Waals surface area contributed by atoms with Gasteiger partial charge in [0, 0.05) is 0 Å². The van der Waals surface area contributed by atoms with Gasteiger partial charge in [0.1, 0.15) is 6.10 Å². The first kappa shape index (κ1) is 48.3. The van der Waals surface area contributed by atoms with E-state index < -0.39 is 40.0 Å². The summed E-state index contributed by atoms with van der Waals surface area (Å²) in [6.45, 7) is 4.39. The second kappa shape index (κ2) is 35.7. The van der Waals surface area contributed by atoms with Crippen LogP contribution in [0, 0.1) is 0 Å². The number of aliphatic hydroxyl groups excluding tert-OH is 2. The zero-order valence-corrected chi connectivity index (χ0v) is 32.9. The number of hydrogen-bond acceptors (Lipinski definition) is 5. The topological polar surface area (TPSA) is 124 Å². The summed E-state index contributed by atoms with van der Waals surface area (Å²) in [5, 5.41) is 23.3. The first-order valence-corrected chi connectivity index (χ1v) is 22.1. The molecule has 0 heterocycles. The van der Waals surface area contributed by atoms with E-state index in [1.165, 1.54) is 115 Å². The maximum atomic E-state index is 12.6. The average Bonchev–Trinajstić information content (AvgIpc) is 3.08. The smallest absolute Gasteiger partial charge is 0.267 e. The molecule has 0 rings (SSSR count). The van der Waals surface area contributed by atoms with Crippen molar-refractivity contribution in [1.82, 2.24) is 5.32 Å². The zero-order chi connectivity index (χ0) is 37.0. The molecule has 50 heavy (non-hydrogen) atoms. The van der Waals surface area contributed by atoms with Gasteiger partial charge in [-0.1, -0.05) is 178 Å². The molecule has 4 N–H and O–H groups in total. The van der Waals surface area contributed by atoms with Crippen molar-refractivity contribution in [2.75, 3.05) is 5.75 Å². The third kappa shape index (κ3) is 34.7. The van der Waals surface area contributed by atoms with Crippen molar-refractivity contribution in [3.8, 4) is 0 Å². The molecule has 0 saturated heterocycles. The van der Waals surface area contributed by atoms with Gasteiger partial charge in [-0.25, -0.2) is 0 Å². The van der Waals surface area contributed by atoms with E-state index in [0.29, 0.717) is 12.8 Å². The SMILES string of the molecule is CC/C=C\C/C=C\CCCCCCCCCCCCCCCC(O)C(=O)NC(CS(=O)(=O)O)C(O)/C=C/CC/C=C/CCCCCCCCC. The van der Waals surface area contributed by atoms with Crippen LogP contribution in [0.1, 0.15) is 187 Å². The van der Waals surface area contributed by atoms with Crippen molar-refractivity contribution in [2.24, 2.45) is 0 Å². The van der Waals surface area contributed by atoms with E-state index in [4.69, 9.17) is 0 Å². The van der Waals surface area contributed by atoms with Crippen LogP contribution >= 0.6 is 0 Å². The molecule has 7 nitrogen and oxygen atoms in total. The number of amides is 1. The molecule has 0 aromatic heterocycles. The fourth-order valence-electron chi connectivity index (χ4n) is 5.98. The molecule has 3 atom stereocenters. The van der Waals surface area contributed by atoms with E-state index in [9.17, 15) is 28.0 Å². The number of hydrogen-bond donors (Lipinski definition) is 4. The van der Waals surface area contributed by atoms with Gasteiger partial charge in [0.05, 0.1) is 17.9 Å². The number of carbonyl (C=O) groups excluding carboxylic acids is 1. The lowest BCUT2D eigenvalue weighted by molar-refractivity contribution is -0.130. The van der Waals surface area contributed by atoms with Gasteiger partial charge in [-0.3, -0.25) is 9.35 Å². The molecular weight excluding hydrogens is 647 g/mol. The zero-order valence-electron chi connectivity index (χ0n) is 32.1. The Morgan fingerprint density at radius 2 is 1.02 bits per heavy atom. The molecule has 0 bridgehead atoms. The summed E-state index contributed by atoms with van der Waals surface area (Å²) in [4.78, 5) is 12.6. The van der Waals surface area contributed by atoms with Crippen LogP contribution in [0.2, 0.25) is 0 Å². The van der Waals surface area contributed by atoms with E-state index in [-0.39, 0.29) is 6.42 Å². The van der Waals surface area contributed by atoms with E-state index in [0.717, 1.165) is 44.9 Å². The van der Waals surface area contributed by atoms with Gasteiger partial charge < -0.3 is 15.5 Å². The molecule has 0 spiro atoms. The Kier molecular flexibility index (Phi) is 34.4. The van der Waals surface area contributed by atoms with Crippen molar-refractivity contribution < 1.29 is 28.0 Å². The molecule has 0 aliphatic carbocycles. The van der Waals surface area contributed by atoms with Gasteiger partial charge in [-0.05, 0) is 57.8 Å². The minimum absolute atomic E-state index is 0.272. The van der Waals surface area contributed by atoms with E-state index >= 15 is 0 Å². The first-order chi connectivity index (χ1) is 24.2. The largest absolute Gasteiger partial charge is 0.387 e. The fourth-order valence-corrected chi connectivity index (χ4v) is 6.71. The minimum Gasteiger partial charge on any atom is -0.387 e. The van der Waals surface area contributed by atoms with Gasteiger partial charge >= 0.3 is 0 Å². The van der Waals surface area contributed by atoms with Crippen LogP contribution in [0.4, 0.5) is 0 Å². The number of rotatable bonds is 36. The molecule has 0 aromatic carbocycles. The maximum absolute atomic E-state index is 12.6. The van der Waals surface area contributed by atoms with Crippen LogP contribution in [0.5, 0.6) is 0 Å². The van der Waals surface area contributed by atoms with Gasteiger partial charge in [-0.15, -0.1) is 0 Å². The Morgan fingerprint density at radius 3 is 1.54 bits per heavy atom. The second-order valence-electron chi connectivity index (χ2n) is 14.0. The molecule has 0 saturated carbocycles. The summed E-state index contributed by atoms with van der Waals surface area (Å²) in [5.74, 6) is -1.56. The Balaban J connectivity index is 4.02. The van der Waals surface area contributed by atoms with Gasteiger partial charge in [0.2, 0.25) is 5.91 Å². The van der Waals surface area contributed by atoms with Gasteiger partial charge in [0.15, 0.2) is 0 Å². The molecule has 0 aromatic rings. The van der Waals surface area contributed by atoms with Crippen molar-refractivity contribution in [1.29, 1.82) is 0 Å². The highest BCUT2D eigenvalue weighted by atomic mass is 32.2. The standard InChI is InChI=1S/C42H77NO6S/c1-3-5-7-9-11-13-15-17-18-19-20-21-22-23-25-27-29-31-33-35-37-41(45)42(46)43-39(38-50(47,48)49)40(44)36-34-32-30-28-26-24-16-14-12-10-8-6-4-2/h5,7,11,13,26,28,34,36,39-41,44-45H,3-4,6,8-10,12,14-25,27,29-33,35,37-38H2,1-2H3,(H,43,46)(H,47,48,49)/b7-5-,13-11-,28-26+,36-34+. The highest BCUT2D eigenvalue weighted by molar-refractivity contribution is 7.85. The quantitative estimate of drug-likeness (QED) is 0.0290. The van der Waals surface area contributed by atoms with Gasteiger partial charge in [0.25, 0.3) is 10.1 Å². The monoisotopic (exact) mass is 724 g/mol. The van der Waals surface area contributed by atoms with Crippen molar-refractivity contribution in [2.45, 2.75) is 205 Å². The Bertz CT molecular complexity index is 990. The highest BCUT2D eigenvalue weighted by Gasteiger charge is 2.27. The van der Waals surface area contributed by atoms with E-state index in [2.05, 4.69) is 55.6 Å². The fraction of sp³-hybridized carbons (Fsp3) is 0.786. The van der Waals surface area contributed by atoms with Crippen molar-refractivity contribution >= 4 is 16.0 Å². The predicted octanol–water partition coefficient (Wildman–Crippen LogP) is 10.9. The molecule has 292 valence electrons. The van der Waals surface area contributed by atoms with Crippen LogP contribution in [-0.2, 0) is 14.9 Å². The number of unbranched alkanes of at least 4 members (excludes halogenated alkanes) is 21. The summed E-state index contributed by atoms with van der Waals surface area (Å²) in [6.07, 6.45) is 44.6. The molecule has 1 amide bonds. The van der Waals surface area contributed by atoms with Crippen molar-refractivity contribution in [3.05, 3.63) is 48.6 Å². The summed E-state index contributed by atoms with van der Waals surface area (Å²) < 4.78 is 32.5. The van der Waals surface area contributed by atoms with E-state index in [1.54, 1.807) is 6.08 Å². The predicted molar refractivity (Wildman–Crippen MR) is 213 cm³/mol. The Labute approximate surface area is 308 Å². The number of aliphatic hydroxyl groups is 2. The van der Waals surface area contributed by atoms with Crippen LogP contribution in [0.3, 0.4) is 0 Å². The number of allylic oxidation sites excluding steroid dienone is 7. The summed E-state index contributed by atoms with van der Waals surface area (Å²) in [7, 11) is -4.45. The van der Waals surface area contributed by atoms with Gasteiger partial charge in [-0.2, -0.15) is 8.42 Å². The molecule has 0 aliphatic heterocycles. The summed E-state index contributed by atoms with van der Waals surface area (Å²) in [6, 6.07) is -1.25. The lowest BCUT2D eigenvalue weighted by Gasteiger charge is -2.22. The Hall–Kier alpha value is -1.74. The maximum Gasteiger partial charge on any atom is 0.267 e. The van der Waals surface area contributed by atoms with Crippen molar-refractivity contribution in [3.63, 3.8) is 0 Å². The normalized spacial score (nSPS) is 14.4. The van der Waals surface area contributed by atoms with Crippen LogP contribution in [0.25, 0.3) is 0 Å². The molecular formula is C42H77NO6S.